The van der Waals surface area contributed by atoms with E-state index >= 15 is 0 Å². The fourth-order valence-electron chi connectivity index (χ4n) is 1.53. The first-order valence-corrected chi connectivity index (χ1v) is 5.52. The van der Waals surface area contributed by atoms with Gasteiger partial charge in [0.25, 0.3) is 0 Å². The van der Waals surface area contributed by atoms with Gasteiger partial charge in [0, 0.05) is 6.42 Å². The number of para-hydroxylation sites is 1. The average molecular weight is 206 g/mol. The Balaban J connectivity index is 2.46. The summed E-state index contributed by atoms with van der Waals surface area (Å²) in [6.45, 7) is 2.13. The molecule has 1 atom stereocenters. The predicted octanol–water partition coefficient (Wildman–Crippen LogP) is 3.21. The van der Waals surface area contributed by atoms with E-state index in [1.807, 2.05) is 30.3 Å². The average Bonchev–Trinajstić information content (AvgIpc) is 2.28. The minimum atomic E-state index is 0.169. The fraction of sp³-hybridized carbons (Fsp3) is 0.462. The lowest BCUT2D eigenvalue weighted by Crippen LogP contribution is -2.16. The van der Waals surface area contributed by atoms with Crippen LogP contribution in [0, 0.1) is 0 Å². The van der Waals surface area contributed by atoms with Crippen molar-refractivity contribution < 1.29 is 9.53 Å². The number of carbonyl (C=O) groups is 1. The second kappa shape index (κ2) is 7.04. The molecule has 1 rings (SSSR count). The molecule has 2 nitrogen and oxygen atoms in total. The maximum Gasteiger partial charge on any atom is 0.120 e. The molecule has 0 saturated carbocycles. The van der Waals surface area contributed by atoms with Crippen LogP contribution in [0.4, 0.5) is 0 Å². The van der Waals surface area contributed by atoms with Gasteiger partial charge in [-0.25, -0.2) is 0 Å². The molecule has 1 aromatic carbocycles. The van der Waals surface area contributed by atoms with Crippen molar-refractivity contribution in [3.05, 3.63) is 30.3 Å². The van der Waals surface area contributed by atoms with Crippen molar-refractivity contribution in [3.63, 3.8) is 0 Å². The van der Waals surface area contributed by atoms with Crippen molar-refractivity contribution in [2.75, 3.05) is 0 Å². The summed E-state index contributed by atoms with van der Waals surface area (Å²) in [5, 5.41) is 0. The number of carbonyl (C=O) groups excluding carboxylic acids is 1. The normalized spacial score (nSPS) is 12.1. The van der Waals surface area contributed by atoms with Gasteiger partial charge in [-0.15, -0.1) is 0 Å². The van der Waals surface area contributed by atoms with Crippen molar-refractivity contribution in [1.29, 1.82) is 0 Å². The lowest BCUT2D eigenvalue weighted by molar-refractivity contribution is -0.108. The van der Waals surface area contributed by atoms with Gasteiger partial charge in [0.05, 0.1) is 6.10 Å². The number of benzene rings is 1. The minimum Gasteiger partial charge on any atom is -0.490 e. The van der Waals surface area contributed by atoms with Crippen LogP contribution in [-0.2, 0) is 4.79 Å². The van der Waals surface area contributed by atoms with E-state index in [0.29, 0.717) is 6.42 Å². The summed E-state index contributed by atoms with van der Waals surface area (Å²) in [6.07, 6.45) is 4.60. The van der Waals surface area contributed by atoms with E-state index in [4.69, 9.17) is 4.74 Å². The third-order valence-corrected chi connectivity index (χ3v) is 2.26. The Hall–Kier alpha value is -1.31. The Morgan fingerprint density at radius 3 is 2.60 bits per heavy atom. The third-order valence-electron chi connectivity index (χ3n) is 2.26. The molecule has 1 unspecified atom stereocenters. The van der Waals surface area contributed by atoms with Crippen molar-refractivity contribution in [2.24, 2.45) is 0 Å². The monoisotopic (exact) mass is 206 g/mol. The smallest absolute Gasteiger partial charge is 0.120 e. The van der Waals surface area contributed by atoms with Crippen molar-refractivity contribution in [1.82, 2.24) is 0 Å². The third kappa shape index (κ3) is 4.63. The van der Waals surface area contributed by atoms with Gasteiger partial charge >= 0.3 is 0 Å². The fourth-order valence-corrected chi connectivity index (χ4v) is 1.53. The van der Waals surface area contributed by atoms with E-state index in [9.17, 15) is 4.79 Å². The molecule has 15 heavy (non-hydrogen) atoms. The van der Waals surface area contributed by atoms with Crippen LogP contribution in [0.3, 0.4) is 0 Å². The maximum absolute atomic E-state index is 10.3. The molecule has 0 saturated heterocycles. The number of hydrogen-bond donors (Lipinski definition) is 0. The van der Waals surface area contributed by atoms with Crippen LogP contribution < -0.4 is 4.74 Å². The summed E-state index contributed by atoms with van der Waals surface area (Å²) in [4.78, 5) is 10.3. The molecule has 0 spiro atoms. The second-order valence-corrected chi connectivity index (χ2v) is 3.59. The van der Waals surface area contributed by atoms with E-state index in [1.54, 1.807) is 0 Å². The summed E-state index contributed by atoms with van der Waals surface area (Å²) in [5.74, 6) is 0.891. The highest BCUT2D eigenvalue weighted by Crippen LogP contribution is 2.16. The van der Waals surface area contributed by atoms with E-state index in [0.717, 1.165) is 31.3 Å². The first kappa shape index (κ1) is 11.8. The van der Waals surface area contributed by atoms with E-state index in [2.05, 4.69) is 6.92 Å². The van der Waals surface area contributed by atoms with Crippen molar-refractivity contribution >= 4 is 6.29 Å². The number of aldehydes is 1. The Kier molecular flexibility index (Phi) is 5.52. The molecule has 0 N–H and O–H groups in total. The highest BCUT2D eigenvalue weighted by atomic mass is 16.5. The summed E-state index contributed by atoms with van der Waals surface area (Å²) < 4.78 is 5.80. The lowest BCUT2D eigenvalue weighted by atomic mass is 10.1. The number of hydrogen-bond acceptors (Lipinski definition) is 2. The highest BCUT2D eigenvalue weighted by molar-refractivity contribution is 5.49. The van der Waals surface area contributed by atoms with Gasteiger partial charge in [-0.1, -0.05) is 31.5 Å². The quantitative estimate of drug-likeness (QED) is 0.640. The Morgan fingerprint density at radius 1 is 1.27 bits per heavy atom. The maximum atomic E-state index is 10.3. The second-order valence-electron chi connectivity index (χ2n) is 3.59. The zero-order valence-corrected chi connectivity index (χ0v) is 9.19. The molecule has 0 aromatic heterocycles. The van der Waals surface area contributed by atoms with Crippen LogP contribution in [0.2, 0.25) is 0 Å². The Labute approximate surface area is 91.3 Å². The van der Waals surface area contributed by atoms with Crippen molar-refractivity contribution in [3.8, 4) is 5.75 Å². The minimum absolute atomic E-state index is 0.169. The molecule has 0 aliphatic rings. The van der Waals surface area contributed by atoms with Gasteiger partial charge in [-0.05, 0) is 25.0 Å². The molecule has 1 aromatic rings. The number of ether oxygens (including phenoxy) is 1. The lowest BCUT2D eigenvalue weighted by Gasteiger charge is -2.17. The SMILES string of the molecule is CCCC(CCC=O)Oc1ccccc1. The van der Waals surface area contributed by atoms with Crippen LogP contribution >= 0.6 is 0 Å². The van der Waals surface area contributed by atoms with Gasteiger partial charge in [0.1, 0.15) is 12.0 Å². The molecule has 0 aliphatic heterocycles. The zero-order chi connectivity index (χ0) is 10.9. The van der Waals surface area contributed by atoms with Gasteiger partial charge in [0.15, 0.2) is 0 Å². The molecule has 0 bridgehead atoms. The zero-order valence-electron chi connectivity index (χ0n) is 9.19. The van der Waals surface area contributed by atoms with Crippen LogP contribution in [0.25, 0.3) is 0 Å². The Bertz CT molecular complexity index is 269. The van der Waals surface area contributed by atoms with Gasteiger partial charge in [-0.3, -0.25) is 0 Å². The van der Waals surface area contributed by atoms with Gasteiger partial charge in [0.2, 0.25) is 0 Å². The van der Waals surface area contributed by atoms with Crippen LogP contribution in [-0.4, -0.2) is 12.4 Å². The van der Waals surface area contributed by atoms with E-state index < -0.39 is 0 Å². The number of rotatable bonds is 7. The van der Waals surface area contributed by atoms with Crippen LogP contribution in [0.1, 0.15) is 32.6 Å². The molecular formula is C13H18O2. The Morgan fingerprint density at radius 2 is 2.00 bits per heavy atom. The molecule has 2 heteroatoms. The summed E-state index contributed by atoms with van der Waals surface area (Å²) in [6, 6.07) is 9.77. The first-order valence-electron chi connectivity index (χ1n) is 5.52. The van der Waals surface area contributed by atoms with Gasteiger partial charge < -0.3 is 9.53 Å². The van der Waals surface area contributed by atoms with Crippen LogP contribution in [0.5, 0.6) is 5.75 Å². The standard InChI is InChI=1S/C13H18O2/c1-2-7-12(10-6-11-14)15-13-8-4-3-5-9-13/h3-5,8-9,11-12H,2,6-7,10H2,1H3. The van der Waals surface area contributed by atoms with Crippen molar-refractivity contribution in [2.45, 2.75) is 38.7 Å². The summed E-state index contributed by atoms with van der Waals surface area (Å²) >= 11 is 0. The van der Waals surface area contributed by atoms with Crippen LogP contribution in [0.15, 0.2) is 30.3 Å². The molecule has 0 heterocycles. The summed E-state index contributed by atoms with van der Waals surface area (Å²) in [5.41, 5.74) is 0. The first-order chi connectivity index (χ1) is 7.36. The largest absolute Gasteiger partial charge is 0.490 e. The van der Waals surface area contributed by atoms with E-state index in [1.165, 1.54) is 0 Å². The molecule has 82 valence electrons. The summed E-state index contributed by atoms with van der Waals surface area (Å²) in [7, 11) is 0. The topological polar surface area (TPSA) is 26.3 Å². The molecule has 0 aliphatic carbocycles. The molecule has 0 amide bonds. The van der Waals surface area contributed by atoms with E-state index in [-0.39, 0.29) is 6.10 Å². The molecular weight excluding hydrogens is 188 g/mol. The predicted molar refractivity (Wildman–Crippen MR) is 61.1 cm³/mol. The van der Waals surface area contributed by atoms with Gasteiger partial charge in [-0.2, -0.15) is 0 Å². The highest BCUT2D eigenvalue weighted by Gasteiger charge is 2.08. The molecule has 0 radical (unpaired) electrons. The molecule has 0 fully saturated rings.